The Bertz CT molecular complexity index is 1290. The molecule has 3 amide bonds. The van der Waals surface area contributed by atoms with Gasteiger partial charge in [0.15, 0.2) is 5.82 Å². The molecule has 1 fully saturated rings. The molecule has 208 valence electrons. The first-order valence-corrected chi connectivity index (χ1v) is 13.3. The van der Waals surface area contributed by atoms with E-state index in [0.29, 0.717) is 55.5 Å². The molecular weight excluding hydrogens is 496 g/mol. The zero-order chi connectivity index (χ0) is 27.8. The third kappa shape index (κ3) is 7.84. The molecule has 39 heavy (non-hydrogen) atoms. The number of tetrazole rings is 1. The fraction of sp³-hybridized carbons (Fsp3) is 0.464. The second-order valence-corrected chi connectivity index (χ2v) is 10.1. The molecule has 0 aliphatic carbocycles. The van der Waals surface area contributed by atoms with Crippen LogP contribution in [0.2, 0.25) is 0 Å². The molecule has 4 rings (SSSR count). The van der Waals surface area contributed by atoms with Gasteiger partial charge in [-0.05, 0) is 85.6 Å². The molecule has 1 aliphatic rings. The van der Waals surface area contributed by atoms with E-state index in [1.54, 1.807) is 30.1 Å². The van der Waals surface area contributed by atoms with Gasteiger partial charge in [0.05, 0.1) is 13.2 Å². The lowest BCUT2D eigenvalue weighted by Gasteiger charge is -2.27. The van der Waals surface area contributed by atoms with Crippen LogP contribution in [0.5, 0.6) is 0 Å². The van der Waals surface area contributed by atoms with Crippen molar-refractivity contribution in [2.45, 2.75) is 33.2 Å². The second-order valence-electron chi connectivity index (χ2n) is 10.1. The average molecular weight is 535 g/mol. The molecule has 11 nitrogen and oxygen atoms in total. The number of hydrogen-bond donors (Lipinski definition) is 2. The van der Waals surface area contributed by atoms with Gasteiger partial charge in [-0.1, -0.05) is 18.2 Å². The summed E-state index contributed by atoms with van der Waals surface area (Å²) in [6.45, 7) is 8.73. The number of aromatic nitrogens is 4. The minimum atomic E-state index is -0.323. The molecule has 0 saturated carbocycles. The molecule has 0 radical (unpaired) electrons. The van der Waals surface area contributed by atoms with Gasteiger partial charge in [0.2, 0.25) is 0 Å². The molecule has 2 heterocycles. The summed E-state index contributed by atoms with van der Waals surface area (Å²) in [6, 6.07) is 11.5. The highest BCUT2D eigenvalue weighted by Crippen LogP contribution is 2.24. The SMILES string of the molecule is Cc1ccc(CN(C)CCCCNC(=O)Nc2cc(C(=O)N3CCOCC3)cc(-c3nnnn3C)c2)cc1C. The summed E-state index contributed by atoms with van der Waals surface area (Å²) in [5.74, 6) is 0.378. The molecule has 0 spiro atoms. The van der Waals surface area contributed by atoms with E-state index >= 15 is 0 Å². The number of aryl methyl sites for hydroxylation is 3. The Labute approximate surface area is 229 Å². The molecule has 1 saturated heterocycles. The van der Waals surface area contributed by atoms with Gasteiger partial charge in [-0.3, -0.25) is 4.79 Å². The van der Waals surface area contributed by atoms with Crippen molar-refractivity contribution >= 4 is 17.6 Å². The zero-order valence-electron chi connectivity index (χ0n) is 23.2. The number of amides is 3. The first-order valence-electron chi connectivity index (χ1n) is 13.3. The number of nitrogens with one attached hydrogen (secondary N) is 2. The zero-order valence-corrected chi connectivity index (χ0v) is 23.2. The van der Waals surface area contributed by atoms with Gasteiger partial charge < -0.3 is 25.2 Å². The highest BCUT2D eigenvalue weighted by Gasteiger charge is 2.21. The fourth-order valence-electron chi connectivity index (χ4n) is 4.55. The number of carbonyl (C=O) groups is 2. The minimum absolute atomic E-state index is 0.122. The van der Waals surface area contributed by atoms with Gasteiger partial charge in [0.1, 0.15) is 0 Å². The first-order chi connectivity index (χ1) is 18.8. The lowest BCUT2D eigenvalue weighted by molar-refractivity contribution is 0.0303. The monoisotopic (exact) mass is 534 g/mol. The van der Waals surface area contributed by atoms with Crippen LogP contribution in [0.15, 0.2) is 36.4 Å². The number of carbonyl (C=O) groups excluding carboxylic acids is 2. The predicted octanol–water partition coefficient (Wildman–Crippen LogP) is 3.00. The Balaban J connectivity index is 1.30. The number of anilines is 1. The topological polar surface area (TPSA) is 118 Å². The molecule has 0 atom stereocenters. The Morgan fingerprint density at radius 2 is 1.85 bits per heavy atom. The van der Waals surface area contributed by atoms with Gasteiger partial charge >= 0.3 is 6.03 Å². The van der Waals surface area contributed by atoms with Crippen molar-refractivity contribution in [1.82, 2.24) is 35.3 Å². The van der Waals surface area contributed by atoms with E-state index in [1.165, 1.54) is 21.4 Å². The number of hydrogen-bond acceptors (Lipinski definition) is 7. The summed E-state index contributed by atoms with van der Waals surface area (Å²) < 4.78 is 6.90. The third-order valence-corrected chi connectivity index (χ3v) is 6.89. The van der Waals surface area contributed by atoms with Crippen LogP contribution in [0.25, 0.3) is 11.4 Å². The number of nitrogens with zero attached hydrogens (tertiary/aromatic N) is 6. The second kappa shape index (κ2) is 13.3. The Hall–Kier alpha value is -3.83. The molecule has 11 heteroatoms. The highest BCUT2D eigenvalue weighted by atomic mass is 16.5. The van der Waals surface area contributed by atoms with Crippen molar-refractivity contribution in [2.24, 2.45) is 7.05 Å². The maximum Gasteiger partial charge on any atom is 0.319 e. The summed E-state index contributed by atoms with van der Waals surface area (Å²) in [4.78, 5) is 29.9. The van der Waals surface area contributed by atoms with Crippen molar-refractivity contribution in [3.8, 4) is 11.4 Å². The summed E-state index contributed by atoms with van der Waals surface area (Å²) in [5, 5.41) is 17.4. The highest BCUT2D eigenvalue weighted by molar-refractivity contribution is 5.98. The average Bonchev–Trinajstić information content (AvgIpc) is 3.36. The standard InChI is InChI=1S/C28H38N8O3/c1-20-7-8-22(15-21(20)2)19-34(3)10-6-5-9-29-28(38)30-25-17-23(26-31-32-33-35(26)4)16-24(18-25)27(37)36-11-13-39-14-12-36/h7-8,15-18H,5-6,9-14,19H2,1-4H3,(H2,29,30,38). The maximum atomic E-state index is 13.2. The molecule has 0 unspecified atom stereocenters. The fourth-order valence-corrected chi connectivity index (χ4v) is 4.55. The minimum Gasteiger partial charge on any atom is -0.378 e. The van der Waals surface area contributed by atoms with Crippen LogP contribution < -0.4 is 10.6 Å². The summed E-state index contributed by atoms with van der Waals surface area (Å²) in [5.41, 5.74) is 5.53. The summed E-state index contributed by atoms with van der Waals surface area (Å²) >= 11 is 0. The van der Waals surface area contributed by atoms with E-state index < -0.39 is 0 Å². The lowest BCUT2D eigenvalue weighted by atomic mass is 10.1. The third-order valence-electron chi connectivity index (χ3n) is 6.89. The number of rotatable bonds is 10. The number of benzene rings is 2. The Kier molecular flexibility index (Phi) is 9.61. The van der Waals surface area contributed by atoms with E-state index in [1.807, 2.05) is 0 Å². The van der Waals surface area contributed by atoms with Crippen molar-refractivity contribution in [3.63, 3.8) is 0 Å². The van der Waals surface area contributed by atoms with Crippen molar-refractivity contribution in [3.05, 3.63) is 58.7 Å². The van der Waals surface area contributed by atoms with Crippen molar-refractivity contribution in [2.75, 3.05) is 51.8 Å². The number of urea groups is 1. The normalized spacial score (nSPS) is 13.5. The summed E-state index contributed by atoms with van der Waals surface area (Å²) in [6.07, 6.45) is 1.82. The van der Waals surface area contributed by atoms with Crippen LogP contribution >= 0.6 is 0 Å². The van der Waals surface area contributed by atoms with Gasteiger partial charge in [0.25, 0.3) is 5.91 Å². The predicted molar refractivity (Wildman–Crippen MR) is 149 cm³/mol. The summed E-state index contributed by atoms with van der Waals surface area (Å²) in [7, 11) is 3.84. The molecule has 1 aliphatic heterocycles. The number of morpholine rings is 1. The smallest absolute Gasteiger partial charge is 0.319 e. The van der Waals surface area contributed by atoms with E-state index in [-0.39, 0.29) is 11.9 Å². The van der Waals surface area contributed by atoms with E-state index in [0.717, 1.165) is 25.9 Å². The van der Waals surface area contributed by atoms with Gasteiger partial charge in [0, 0.05) is 50.0 Å². The van der Waals surface area contributed by atoms with E-state index in [4.69, 9.17) is 4.74 Å². The first kappa shape index (κ1) is 28.2. The van der Waals surface area contributed by atoms with Crippen LogP contribution in [0, 0.1) is 13.8 Å². The van der Waals surface area contributed by atoms with Crippen LogP contribution in [0.3, 0.4) is 0 Å². The van der Waals surface area contributed by atoms with Gasteiger partial charge in [-0.2, -0.15) is 0 Å². The lowest BCUT2D eigenvalue weighted by Crippen LogP contribution is -2.40. The van der Waals surface area contributed by atoms with Crippen LogP contribution in [-0.2, 0) is 18.3 Å². The quantitative estimate of drug-likeness (QED) is 0.384. The maximum absolute atomic E-state index is 13.2. The van der Waals surface area contributed by atoms with Crippen molar-refractivity contribution < 1.29 is 14.3 Å². The van der Waals surface area contributed by atoms with E-state index in [9.17, 15) is 9.59 Å². The Morgan fingerprint density at radius 1 is 1.05 bits per heavy atom. The molecular formula is C28H38N8O3. The van der Waals surface area contributed by atoms with E-state index in [2.05, 4.69) is 70.2 Å². The molecule has 0 bridgehead atoms. The van der Waals surface area contributed by atoms with Crippen LogP contribution in [0.1, 0.15) is 39.9 Å². The number of unbranched alkanes of at least 4 members (excludes halogenated alkanes) is 1. The largest absolute Gasteiger partial charge is 0.378 e. The molecule has 1 aromatic heterocycles. The molecule has 2 N–H and O–H groups in total. The van der Waals surface area contributed by atoms with Gasteiger partial charge in [-0.15, -0.1) is 5.10 Å². The van der Waals surface area contributed by atoms with Crippen molar-refractivity contribution in [1.29, 1.82) is 0 Å². The molecule has 3 aromatic rings. The van der Waals surface area contributed by atoms with Crippen LogP contribution in [-0.4, -0.2) is 88.4 Å². The van der Waals surface area contributed by atoms with Crippen LogP contribution in [0.4, 0.5) is 10.5 Å². The Morgan fingerprint density at radius 3 is 2.56 bits per heavy atom. The number of ether oxygens (including phenoxy) is 1. The molecule has 2 aromatic carbocycles. The van der Waals surface area contributed by atoms with Gasteiger partial charge in [-0.25, -0.2) is 9.48 Å².